The Hall–Kier alpha value is -5.14. The number of imidazole rings is 1. The first-order chi connectivity index (χ1) is 28.3. The van der Waals surface area contributed by atoms with Crippen molar-refractivity contribution >= 4 is 50.8 Å². The summed E-state index contributed by atoms with van der Waals surface area (Å²) in [5, 5.41) is 2.00. The van der Waals surface area contributed by atoms with Crippen molar-refractivity contribution in [3.05, 3.63) is 163 Å². The number of nitrogens with zero attached hydrogens (tertiary/aromatic N) is 4. The van der Waals surface area contributed by atoms with Crippen LogP contribution in [0.2, 0.25) is 17.3 Å². The third-order valence-corrected chi connectivity index (χ3v) is 15.2. The third kappa shape index (κ3) is 8.83. The van der Waals surface area contributed by atoms with Gasteiger partial charge in [-0.3, -0.25) is 4.98 Å². The van der Waals surface area contributed by atoms with Gasteiger partial charge in [-0.2, -0.15) is 0 Å². The fourth-order valence-electron chi connectivity index (χ4n) is 7.85. The van der Waals surface area contributed by atoms with Gasteiger partial charge in [0.1, 0.15) is 0 Å². The zero-order chi connectivity index (χ0) is 41.5. The second-order valence-electron chi connectivity index (χ2n) is 18.0. The molecule has 0 amide bonds. The van der Waals surface area contributed by atoms with E-state index in [1.807, 2.05) is 49.4 Å². The van der Waals surface area contributed by atoms with Gasteiger partial charge in [-0.25, -0.2) is 4.98 Å². The molecule has 7 heteroatoms. The molecule has 0 saturated carbocycles. The standard InChI is InChI=1S/C35H28N3O.C18H24GeN.Ir/c1-22-17-19-26-25-13-10-14-27(32(25)39-34(26)36-22)33-37-29-15-8-9-16-31(29)38(33)30-20-18-24(35(2,3)4)21-28(30)23-11-6-5-7-12-23;1-14(2)11-16-12-18(15-9-7-6-8-10-15)20-13-17(16)19(3,4)5;/h5-13,15-21H,1-4H3;6-9,12-14H,11H2,1-5H3;/q2*-1;. The number of benzene rings is 5. The van der Waals surface area contributed by atoms with Gasteiger partial charge in [0, 0.05) is 42.4 Å². The molecule has 0 saturated heterocycles. The quantitative estimate of drug-likeness (QED) is 0.118. The van der Waals surface area contributed by atoms with Gasteiger partial charge in [-0.1, -0.05) is 80.3 Å². The smallest absolute Gasteiger partial charge is 0.216 e. The molecule has 0 atom stereocenters. The second-order valence-corrected chi connectivity index (χ2v) is 28.5. The van der Waals surface area contributed by atoms with Crippen molar-refractivity contribution in [3.63, 3.8) is 0 Å². The Morgan fingerprint density at radius 2 is 1.52 bits per heavy atom. The molecule has 0 fully saturated rings. The van der Waals surface area contributed by atoms with Crippen LogP contribution in [0.5, 0.6) is 0 Å². The minimum absolute atomic E-state index is 0. The number of para-hydroxylation sites is 2. The van der Waals surface area contributed by atoms with E-state index >= 15 is 0 Å². The first-order valence-electron chi connectivity index (χ1n) is 20.6. The van der Waals surface area contributed by atoms with E-state index in [1.165, 1.54) is 11.1 Å². The van der Waals surface area contributed by atoms with E-state index < -0.39 is 13.3 Å². The number of furan rings is 1. The summed E-state index contributed by atoms with van der Waals surface area (Å²) in [7, 11) is 0. The summed E-state index contributed by atoms with van der Waals surface area (Å²) in [5.41, 5.74) is 13.4. The van der Waals surface area contributed by atoms with E-state index in [4.69, 9.17) is 14.4 Å². The topological polar surface area (TPSA) is 56.7 Å². The van der Waals surface area contributed by atoms with Crippen LogP contribution in [0.25, 0.3) is 72.6 Å². The number of rotatable bonds is 7. The van der Waals surface area contributed by atoms with Gasteiger partial charge in [0.15, 0.2) is 0 Å². The first kappa shape index (κ1) is 43.0. The van der Waals surface area contributed by atoms with E-state index in [9.17, 15) is 0 Å². The minimum Gasteiger partial charge on any atom is -0.486 e. The summed E-state index contributed by atoms with van der Waals surface area (Å²) < 4.78 is 10.2. The van der Waals surface area contributed by atoms with Gasteiger partial charge in [0.05, 0.1) is 22.4 Å². The molecule has 305 valence electrons. The van der Waals surface area contributed by atoms with Crippen LogP contribution in [0, 0.1) is 25.0 Å². The van der Waals surface area contributed by atoms with Crippen molar-refractivity contribution < 1.29 is 24.5 Å². The molecule has 0 aliphatic heterocycles. The molecule has 4 heterocycles. The minimum atomic E-state index is -1.86. The molecule has 5 nitrogen and oxygen atoms in total. The maximum Gasteiger partial charge on any atom is 0.216 e. The maximum absolute atomic E-state index is 6.39. The van der Waals surface area contributed by atoms with Gasteiger partial charge in [-0.15, -0.1) is 18.2 Å². The average Bonchev–Trinajstić information content (AvgIpc) is 3.79. The summed E-state index contributed by atoms with van der Waals surface area (Å²) in [6, 6.07) is 50.9. The molecule has 4 aromatic heterocycles. The number of aryl methyl sites for hydroxylation is 1. The zero-order valence-electron chi connectivity index (χ0n) is 36.0. The number of fused-ring (bicyclic) bond motifs is 4. The number of pyridine rings is 2. The summed E-state index contributed by atoms with van der Waals surface area (Å²) >= 11 is -1.86. The molecular weight excluding hydrogens is 973 g/mol. The van der Waals surface area contributed by atoms with Crippen LogP contribution in [0.3, 0.4) is 0 Å². The molecule has 9 aromatic rings. The molecule has 60 heavy (non-hydrogen) atoms. The molecule has 0 aliphatic carbocycles. The molecule has 0 unspecified atom stereocenters. The van der Waals surface area contributed by atoms with Gasteiger partial charge >= 0.3 is 126 Å². The van der Waals surface area contributed by atoms with Crippen molar-refractivity contribution in [1.29, 1.82) is 0 Å². The van der Waals surface area contributed by atoms with Crippen LogP contribution >= 0.6 is 0 Å². The first-order valence-corrected chi connectivity index (χ1v) is 28.0. The summed E-state index contributed by atoms with van der Waals surface area (Å²) in [6.45, 7) is 13.3. The van der Waals surface area contributed by atoms with Crippen LogP contribution in [0.15, 0.2) is 138 Å². The van der Waals surface area contributed by atoms with Crippen molar-refractivity contribution in [3.8, 4) is 39.5 Å². The predicted octanol–water partition coefficient (Wildman–Crippen LogP) is 13.3. The molecular formula is C53H52GeIrN4O-2. The van der Waals surface area contributed by atoms with Crippen molar-refractivity contribution in [2.75, 3.05) is 0 Å². The largest absolute Gasteiger partial charge is 0.486 e. The molecule has 0 spiro atoms. The second kappa shape index (κ2) is 17.5. The molecule has 5 aromatic carbocycles. The zero-order valence-corrected chi connectivity index (χ0v) is 40.5. The Labute approximate surface area is 371 Å². The monoisotopic (exact) mass is 1030 g/mol. The molecule has 1 radical (unpaired) electrons. The van der Waals surface area contributed by atoms with Crippen LogP contribution in [-0.4, -0.2) is 32.8 Å². The Balaban J connectivity index is 0.000000220. The van der Waals surface area contributed by atoms with E-state index in [-0.39, 0.29) is 25.5 Å². The van der Waals surface area contributed by atoms with E-state index in [0.29, 0.717) is 11.6 Å². The fourth-order valence-corrected chi connectivity index (χ4v) is 11.2. The van der Waals surface area contributed by atoms with Gasteiger partial charge in [-0.05, 0) is 59.9 Å². The number of hydrogen-bond acceptors (Lipinski definition) is 4. The van der Waals surface area contributed by atoms with E-state index in [2.05, 4.69) is 165 Å². The average molecular weight is 1030 g/mol. The van der Waals surface area contributed by atoms with Gasteiger partial charge in [0.2, 0.25) is 5.71 Å². The van der Waals surface area contributed by atoms with Gasteiger partial charge in [0.25, 0.3) is 0 Å². The number of hydrogen-bond donors (Lipinski definition) is 0. The van der Waals surface area contributed by atoms with Crippen LogP contribution in [-0.2, 0) is 31.9 Å². The SMILES string of the molecule is CC(C)Cc1cc(-c2[c-]cccc2)nc[c]1[Ge]([CH3])([CH3])[CH3].Cc1ccc2c(n1)oc1c(-c3nc4ccccc4n3-c3ccc(C(C)(C)C)cc3-c3ccccc3)[c-]ccc12.[Ir]. The van der Waals surface area contributed by atoms with Crippen LogP contribution in [0.4, 0.5) is 0 Å². The molecule has 0 bridgehead atoms. The van der Waals surface area contributed by atoms with Crippen molar-refractivity contribution in [2.45, 2.75) is 70.6 Å². The Morgan fingerprint density at radius 1 is 0.767 bits per heavy atom. The Morgan fingerprint density at radius 3 is 2.23 bits per heavy atom. The normalized spacial score (nSPS) is 11.8. The predicted molar refractivity (Wildman–Crippen MR) is 249 cm³/mol. The van der Waals surface area contributed by atoms with E-state index in [1.54, 1.807) is 4.40 Å². The van der Waals surface area contributed by atoms with Gasteiger partial charge < -0.3 is 8.98 Å². The van der Waals surface area contributed by atoms with Crippen LogP contribution in [0.1, 0.15) is 51.4 Å². The molecule has 0 N–H and O–H groups in total. The summed E-state index contributed by atoms with van der Waals surface area (Å²) in [4.78, 5) is 14.5. The van der Waals surface area contributed by atoms with Crippen molar-refractivity contribution in [1.82, 2.24) is 19.5 Å². The van der Waals surface area contributed by atoms with Crippen molar-refractivity contribution in [2.24, 2.45) is 5.92 Å². The van der Waals surface area contributed by atoms with Crippen LogP contribution < -0.4 is 4.40 Å². The summed E-state index contributed by atoms with van der Waals surface area (Å²) in [5.74, 6) is 8.78. The summed E-state index contributed by atoms with van der Waals surface area (Å²) in [6.07, 6.45) is 3.27. The Kier molecular flexibility index (Phi) is 12.5. The van der Waals surface area contributed by atoms with E-state index in [0.717, 1.165) is 79.0 Å². The third-order valence-electron chi connectivity index (χ3n) is 10.8. The fraction of sp³-hybridized carbons (Fsp3) is 0.226. The number of aromatic nitrogens is 4. The Bertz CT molecular complexity index is 2920. The molecule has 9 rings (SSSR count). The maximum atomic E-state index is 6.39. The molecule has 0 aliphatic rings.